The van der Waals surface area contributed by atoms with Gasteiger partial charge >= 0.3 is 0 Å². The summed E-state index contributed by atoms with van der Waals surface area (Å²) in [5.74, 6) is 0.779. The standard InChI is InChI=1S/C19H22N2O3/c1-12-6-7-13(2)18(8-12)14(3)20-21-19(22)15-9-16(23-4)11-17(10-15)24-5/h6-11H,1-5H3,(H,21,22)/b20-14-. The Morgan fingerprint density at radius 2 is 1.62 bits per heavy atom. The molecule has 0 spiro atoms. The fourth-order valence-electron chi connectivity index (χ4n) is 2.32. The van der Waals surface area contributed by atoms with Crippen molar-refractivity contribution < 1.29 is 14.3 Å². The lowest BCUT2D eigenvalue weighted by Crippen LogP contribution is -2.19. The molecule has 1 N–H and O–H groups in total. The molecule has 0 unspecified atom stereocenters. The molecule has 24 heavy (non-hydrogen) atoms. The minimum Gasteiger partial charge on any atom is -0.497 e. The molecule has 0 atom stereocenters. The Morgan fingerprint density at radius 3 is 2.21 bits per heavy atom. The van der Waals surface area contributed by atoms with Gasteiger partial charge in [0, 0.05) is 17.2 Å². The summed E-state index contributed by atoms with van der Waals surface area (Å²) >= 11 is 0. The predicted molar refractivity (Wildman–Crippen MR) is 95.1 cm³/mol. The molecule has 2 aromatic carbocycles. The van der Waals surface area contributed by atoms with Crippen LogP contribution in [0.5, 0.6) is 11.5 Å². The third kappa shape index (κ3) is 4.13. The Morgan fingerprint density at radius 1 is 1.00 bits per heavy atom. The van der Waals surface area contributed by atoms with E-state index in [1.54, 1.807) is 32.4 Å². The van der Waals surface area contributed by atoms with E-state index in [2.05, 4.69) is 16.6 Å². The Bertz CT molecular complexity index is 760. The van der Waals surface area contributed by atoms with E-state index < -0.39 is 0 Å². The maximum atomic E-state index is 12.3. The van der Waals surface area contributed by atoms with Crippen molar-refractivity contribution in [3.8, 4) is 11.5 Å². The monoisotopic (exact) mass is 326 g/mol. The van der Waals surface area contributed by atoms with E-state index in [9.17, 15) is 4.79 Å². The van der Waals surface area contributed by atoms with Crippen molar-refractivity contribution in [2.75, 3.05) is 14.2 Å². The number of carbonyl (C=O) groups excluding carboxylic acids is 1. The number of rotatable bonds is 5. The number of amides is 1. The molecule has 2 aromatic rings. The minimum atomic E-state index is -0.322. The molecule has 5 heteroatoms. The van der Waals surface area contributed by atoms with E-state index in [-0.39, 0.29) is 5.91 Å². The van der Waals surface area contributed by atoms with Gasteiger partial charge in [0.1, 0.15) is 11.5 Å². The second kappa shape index (κ2) is 7.64. The number of carbonyl (C=O) groups is 1. The van der Waals surface area contributed by atoms with Crippen LogP contribution < -0.4 is 14.9 Å². The number of hydrogen-bond donors (Lipinski definition) is 1. The maximum Gasteiger partial charge on any atom is 0.271 e. The summed E-state index contributed by atoms with van der Waals surface area (Å²) in [5, 5.41) is 4.22. The first-order chi connectivity index (χ1) is 11.4. The largest absolute Gasteiger partial charge is 0.497 e. The number of nitrogens with zero attached hydrogens (tertiary/aromatic N) is 1. The molecular weight excluding hydrogens is 304 g/mol. The highest BCUT2D eigenvalue weighted by molar-refractivity contribution is 6.02. The van der Waals surface area contributed by atoms with Crippen LogP contribution in [-0.4, -0.2) is 25.8 Å². The molecule has 0 radical (unpaired) electrons. The van der Waals surface area contributed by atoms with Gasteiger partial charge in [0.25, 0.3) is 5.91 Å². The Balaban J connectivity index is 2.22. The average molecular weight is 326 g/mol. The lowest BCUT2D eigenvalue weighted by atomic mass is 10.0. The van der Waals surface area contributed by atoms with Crippen LogP contribution >= 0.6 is 0 Å². The number of benzene rings is 2. The number of ether oxygens (including phenoxy) is 2. The van der Waals surface area contributed by atoms with Crippen LogP contribution in [0.15, 0.2) is 41.5 Å². The summed E-state index contributed by atoms with van der Waals surface area (Å²) in [6, 6.07) is 11.1. The van der Waals surface area contributed by atoms with E-state index >= 15 is 0 Å². The SMILES string of the molecule is COc1cc(OC)cc(C(=O)N/N=C(/C)c2cc(C)ccc2C)c1. The molecule has 0 fully saturated rings. The molecule has 0 heterocycles. The molecule has 1 amide bonds. The number of hydrazone groups is 1. The van der Waals surface area contributed by atoms with E-state index in [1.165, 1.54) is 0 Å². The van der Waals surface area contributed by atoms with Crippen LogP contribution in [0.3, 0.4) is 0 Å². The summed E-state index contributed by atoms with van der Waals surface area (Å²) in [6.45, 7) is 5.91. The summed E-state index contributed by atoms with van der Waals surface area (Å²) in [7, 11) is 3.08. The van der Waals surface area contributed by atoms with Gasteiger partial charge in [0.05, 0.1) is 19.9 Å². The second-order valence-corrected chi connectivity index (χ2v) is 5.56. The molecule has 0 saturated carbocycles. The smallest absolute Gasteiger partial charge is 0.271 e. The topological polar surface area (TPSA) is 59.9 Å². The van der Waals surface area contributed by atoms with Gasteiger partial charge in [-0.3, -0.25) is 4.79 Å². The summed E-state index contributed by atoms with van der Waals surface area (Å²) in [5.41, 5.74) is 7.02. The number of aryl methyl sites for hydroxylation is 2. The maximum absolute atomic E-state index is 12.3. The van der Waals surface area contributed by atoms with Gasteiger partial charge in [0.2, 0.25) is 0 Å². The van der Waals surface area contributed by atoms with Crippen LogP contribution in [0, 0.1) is 13.8 Å². The van der Waals surface area contributed by atoms with Crippen molar-refractivity contribution in [3.05, 3.63) is 58.7 Å². The van der Waals surface area contributed by atoms with Crippen LogP contribution in [0.25, 0.3) is 0 Å². The molecule has 0 bridgehead atoms. The van der Waals surface area contributed by atoms with E-state index in [4.69, 9.17) is 9.47 Å². The van der Waals surface area contributed by atoms with E-state index in [0.29, 0.717) is 17.1 Å². The fraction of sp³-hybridized carbons (Fsp3) is 0.263. The highest BCUT2D eigenvalue weighted by Crippen LogP contribution is 2.22. The second-order valence-electron chi connectivity index (χ2n) is 5.56. The van der Waals surface area contributed by atoms with Gasteiger partial charge in [-0.15, -0.1) is 0 Å². The normalized spacial score (nSPS) is 11.1. The quantitative estimate of drug-likeness (QED) is 0.676. The number of hydrogen-bond acceptors (Lipinski definition) is 4. The molecule has 0 aliphatic heterocycles. The first-order valence-electron chi connectivity index (χ1n) is 7.60. The van der Waals surface area contributed by atoms with Crippen LogP contribution in [-0.2, 0) is 0 Å². The van der Waals surface area contributed by atoms with Gasteiger partial charge in [-0.05, 0) is 44.5 Å². The molecule has 0 saturated heterocycles. The van der Waals surface area contributed by atoms with Crippen LogP contribution in [0.2, 0.25) is 0 Å². The average Bonchev–Trinajstić information content (AvgIpc) is 2.60. The zero-order chi connectivity index (χ0) is 17.7. The minimum absolute atomic E-state index is 0.322. The Kier molecular flexibility index (Phi) is 5.58. The molecule has 126 valence electrons. The molecular formula is C19H22N2O3. The Hall–Kier alpha value is -2.82. The van der Waals surface area contributed by atoms with Crippen LogP contribution in [0.1, 0.15) is 34.0 Å². The highest BCUT2D eigenvalue weighted by Gasteiger charge is 2.10. The van der Waals surface area contributed by atoms with Gasteiger partial charge < -0.3 is 9.47 Å². The van der Waals surface area contributed by atoms with Crippen molar-refractivity contribution in [1.82, 2.24) is 5.43 Å². The van der Waals surface area contributed by atoms with Crippen molar-refractivity contribution in [3.63, 3.8) is 0 Å². The zero-order valence-electron chi connectivity index (χ0n) is 14.6. The molecule has 2 rings (SSSR count). The predicted octanol–water partition coefficient (Wildman–Crippen LogP) is 3.47. The number of methoxy groups -OCH3 is 2. The van der Waals surface area contributed by atoms with E-state index in [0.717, 1.165) is 22.4 Å². The molecule has 0 aromatic heterocycles. The lowest BCUT2D eigenvalue weighted by molar-refractivity contribution is 0.0954. The Labute approximate surface area is 142 Å². The van der Waals surface area contributed by atoms with Crippen molar-refractivity contribution >= 4 is 11.6 Å². The zero-order valence-corrected chi connectivity index (χ0v) is 14.6. The summed E-state index contributed by atoms with van der Waals surface area (Å²) < 4.78 is 10.4. The first kappa shape index (κ1) is 17.5. The molecule has 0 aliphatic carbocycles. The summed E-state index contributed by atoms with van der Waals surface area (Å²) in [4.78, 5) is 12.3. The van der Waals surface area contributed by atoms with Gasteiger partial charge in [-0.1, -0.05) is 17.7 Å². The first-order valence-corrected chi connectivity index (χ1v) is 7.60. The third-order valence-electron chi connectivity index (χ3n) is 3.72. The van der Waals surface area contributed by atoms with E-state index in [1.807, 2.05) is 32.9 Å². The number of nitrogens with one attached hydrogen (secondary N) is 1. The third-order valence-corrected chi connectivity index (χ3v) is 3.72. The highest BCUT2D eigenvalue weighted by atomic mass is 16.5. The summed E-state index contributed by atoms with van der Waals surface area (Å²) in [6.07, 6.45) is 0. The van der Waals surface area contributed by atoms with Gasteiger partial charge in [-0.2, -0.15) is 5.10 Å². The molecule has 0 aliphatic rings. The van der Waals surface area contributed by atoms with Gasteiger partial charge in [0.15, 0.2) is 0 Å². The fourth-order valence-corrected chi connectivity index (χ4v) is 2.32. The van der Waals surface area contributed by atoms with Gasteiger partial charge in [-0.25, -0.2) is 5.43 Å². The van der Waals surface area contributed by atoms with Crippen molar-refractivity contribution in [2.24, 2.45) is 5.10 Å². The van der Waals surface area contributed by atoms with Crippen molar-refractivity contribution in [1.29, 1.82) is 0 Å². The lowest BCUT2D eigenvalue weighted by Gasteiger charge is -2.09. The molecule has 5 nitrogen and oxygen atoms in total. The van der Waals surface area contributed by atoms with Crippen LogP contribution in [0.4, 0.5) is 0 Å². The van der Waals surface area contributed by atoms with Crippen molar-refractivity contribution in [2.45, 2.75) is 20.8 Å².